The highest BCUT2D eigenvalue weighted by Crippen LogP contribution is 2.31. The summed E-state index contributed by atoms with van der Waals surface area (Å²) in [5.74, 6) is -0.421. The Balaban J connectivity index is 2.51. The number of nitrogens with two attached hydrogens (primary N) is 1. The number of pyridine rings is 1. The molecule has 2 aromatic heterocycles. The maximum Gasteiger partial charge on any atom is 0.331 e. The Morgan fingerprint density at radius 1 is 1.58 bits per heavy atom. The highest BCUT2D eigenvalue weighted by Gasteiger charge is 2.20. The van der Waals surface area contributed by atoms with Crippen molar-refractivity contribution in [3.63, 3.8) is 0 Å². The predicted molar refractivity (Wildman–Crippen MR) is 76.6 cm³/mol. The van der Waals surface area contributed by atoms with Gasteiger partial charge in [0.1, 0.15) is 5.69 Å². The van der Waals surface area contributed by atoms with Gasteiger partial charge in [0.25, 0.3) is 0 Å². The Morgan fingerprint density at radius 3 is 2.95 bits per heavy atom. The second-order valence-corrected chi connectivity index (χ2v) is 5.68. The summed E-state index contributed by atoms with van der Waals surface area (Å²) in [6.07, 6.45) is 3.78. The van der Waals surface area contributed by atoms with E-state index in [1.807, 2.05) is 36.0 Å². The zero-order chi connectivity index (χ0) is 14.0. The summed E-state index contributed by atoms with van der Waals surface area (Å²) in [5.41, 5.74) is 8.17. The van der Waals surface area contributed by atoms with Crippen molar-refractivity contribution >= 4 is 35.6 Å². The average Bonchev–Trinajstić information content (AvgIpc) is 2.65. The van der Waals surface area contributed by atoms with Crippen LogP contribution in [-0.4, -0.2) is 12.6 Å². The lowest BCUT2D eigenvalue weighted by Gasteiger charge is -2.02. The third-order valence-corrected chi connectivity index (χ3v) is 3.97. The molecule has 0 aliphatic carbocycles. The first-order chi connectivity index (χ1) is 9.04. The molecule has 0 amide bonds. The maximum atomic E-state index is 11.8. The van der Waals surface area contributed by atoms with E-state index in [-0.39, 0.29) is 0 Å². The molecule has 0 spiro atoms. The summed E-state index contributed by atoms with van der Waals surface area (Å²) in [7, 11) is 0. The van der Waals surface area contributed by atoms with E-state index >= 15 is 0 Å². The summed E-state index contributed by atoms with van der Waals surface area (Å²) in [6.45, 7) is 4.05. The van der Waals surface area contributed by atoms with Gasteiger partial charge in [0.2, 0.25) is 5.69 Å². The molecule has 2 rings (SSSR count). The predicted octanol–water partition coefficient (Wildman–Crippen LogP) is 2.00. The molecule has 0 fully saturated rings. The SMILES string of the molecule is CCOC(=O)c1sc([S-])c(-[n+]2cccc(C)c2)c1N. The van der Waals surface area contributed by atoms with E-state index < -0.39 is 5.97 Å². The van der Waals surface area contributed by atoms with Crippen LogP contribution in [0.25, 0.3) is 5.69 Å². The molecule has 0 unspecified atom stereocenters. The van der Waals surface area contributed by atoms with E-state index in [0.717, 1.165) is 5.56 Å². The minimum atomic E-state index is -0.421. The Bertz CT molecular complexity index is 623. The Morgan fingerprint density at radius 2 is 2.32 bits per heavy atom. The molecule has 6 heteroatoms. The van der Waals surface area contributed by atoms with E-state index in [1.54, 1.807) is 6.92 Å². The molecule has 2 heterocycles. The number of rotatable bonds is 3. The minimum Gasteiger partial charge on any atom is -0.463 e. The van der Waals surface area contributed by atoms with E-state index in [4.69, 9.17) is 23.1 Å². The van der Waals surface area contributed by atoms with Gasteiger partial charge < -0.3 is 34.4 Å². The van der Waals surface area contributed by atoms with Crippen LogP contribution in [0.15, 0.2) is 28.7 Å². The van der Waals surface area contributed by atoms with Gasteiger partial charge in [0, 0.05) is 16.5 Å². The average molecular weight is 294 g/mol. The zero-order valence-electron chi connectivity index (χ0n) is 10.7. The molecule has 0 aliphatic heterocycles. The van der Waals surface area contributed by atoms with Crippen molar-refractivity contribution in [2.24, 2.45) is 0 Å². The molecule has 0 aliphatic rings. The largest absolute Gasteiger partial charge is 0.463 e. The van der Waals surface area contributed by atoms with Crippen LogP contribution in [0.2, 0.25) is 0 Å². The fourth-order valence-electron chi connectivity index (χ4n) is 1.74. The molecule has 19 heavy (non-hydrogen) atoms. The number of esters is 1. The van der Waals surface area contributed by atoms with Gasteiger partial charge in [-0.2, -0.15) is 4.57 Å². The molecule has 0 saturated heterocycles. The number of anilines is 1. The van der Waals surface area contributed by atoms with Gasteiger partial charge in [-0.15, -0.1) is 0 Å². The van der Waals surface area contributed by atoms with Gasteiger partial charge in [-0.3, -0.25) is 0 Å². The van der Waals surface area contributed by atoms with Gasteiger partial charge in [0.05, 0.1) is 6.61 Å². The minimum absolute atomic E-state index is 0.315. The second kappa shape index (κ2) is 5.54. The number of nitrogen functional groups attached to an aromatic ring is 1. The van der Waals surface area contributed by atoms with Crippen LogP contribution >= 0.6 is 11.3 Å². The van der Waals surface area contributed by atoms with E-state index in [9.17, 15) is 4.79 Å². The molecule has 0 bridgehead atoms. The van der Waals surface area contributed by atoms with E-state index in [2.05, 4.69) is 0 Å². The van der Waals surface area contributed by atoms with Gasteiger partial charge >= 0.3 is 5.97 Å². The number of hydrogen-bond acceptors (Lipinski definition) is 5. The lowest BCUT2D eigenvalue weighted by atomic mass is 10.3. The van der Waals surface area contributed by atoms with Crippen LogP contribution in [0.3, 0.4) is 0 Å². The number of hydrogen-bond donors (Lipinski definition) is 1. The number of aryl methyl sites for hydroxylation is 1. The lowest BCUT2D eigenvalue weighted by Crippen LogP contribution is -2.31. The smallest absolute Gasteiger partial charge is 0.331 e. The molecule has 0 saturated carbocycles. The Hall–Kier alpha value is -1.66. The molecule has 0 radical (unpaired) electrons. The molecule has 0 atom stereocenters. The van der Waals surface area contributed by atoms with E-state index in [0.29, 0.717) is 27.1 Å². The first-order valence-corrected chi connectivity index (χ1v) is 7.01. The lowest BCUT2D eigenvalue weighted by molar-refractivity contribution is -0.597. The number of carbonyl (C=O) groups excluding carboxylic acids is 1. The fourth-order valence-corrected chi connectivity index (χ4v) is 3.05. The number of ether oxygens (including phenoxy) is 1. The van der Waals surface area contributed by atoms with Crippen molar-refractivity contribution in [3.05, 3.63) is 35.0 Å². The zero-order valence-corrected chi connectivity index (χ0v) is 12.3. The Labute approximate surface area is 121 Å². The molecule has 2 aromatic rings. The van der Waals surface area contributed by atoms with Crippen molar-refractivity contribution in [1.82, 2.24) is 0 Å². The summed E-state index contributed by atoms with van der Waals surface area (Å²) in [5, 5.41) is 0. The first-order valence-electron chi connectivity index (χ1n) is 5.79. The van der Waals surface area contributed by atoms with Crippen LogP contribution in [0.4, 0.5) is 5.69 Å². The second-order valence-electron chi connectivity index (χ2n) is 3.99. The summed E-state index contributed by atoms with van der Waals surface area (Å²) in [6, 6.07) is 3.89. The molecule has 4 nitrogen and oxygen atoms in total. The molecule has 2 N–H and O–H groups in total. The molecular weight excluding hydrogens is 280 g/mol. The van der Waals surface area contributed by atoms with Gasteiger partial charge in [-0.05, 0) is 24.1 Å². The van der Waals surface area contributed by atoms with Crippen molar-refractivity contribution in [1.29, 1.82) is 0 Å². The quantitative estimate of drug-likeness (QED) is 0.534. The van der Waals surface area contributed by atoms with Crippen LogP contribution in [-0.2, 0) is 17.4 Å². The van der Waals surface area contributed by atoms with Crippen LogP contribution in [0.5, 0.6) is 0 Å². The van der Waals surface area contributed by atoms with Crippen LogP contribution in [0.1, 0.15) is 22.2 Å². The highest BCUT2D eigenvalue weighted by atomic mass is 32.2. The summed E-state index contributed by atoms with van der Waals surface area (Å²) < 4.78 is 7.39. The van der Waals surface area contributed by atoms with Crippen molar-refractivity contribution in [2.45, 2.75) is 18.1 Å². The standard InChI is InChI=1S/C13H14N2O2S2/c1-3-17-12(16)11-9(14)10(13(18)19-11)15-6-4-5-8(2)7-15/h4-7H,3H2,1-2H3,(H2-,14,16,18). The topological polar surface area (TPSA) is 56.2 Å². The summed E-state index contributed by atoms with van der Waals surface area (Å²) in [4.78, 5) is 12.2. The van der Waals surface area contributed by atoms with Gasteiger partial charge in [0.15, 0.2) is 12.4 Å². The van der Waals surface area contributed by atoms with Crippen LogP contribution < -0.4 is 10.3 Å². The molecule has 100 valence electrons. The third-order valence-electron chi connectivity index (χ3n) is 2.56. The highest BCUT2D eigenvalue weighted by molar-refractivity contribution is 7.63. The van der Waals surface area contributed by atoms with Crippen molar-refractivity contribution in [3.8, 4) is 5.69 Å². The number of aromatic nitrogens is 1. The normalized spacial score (nSPS) is 10.4. The van der Waals surface area contributed by atoms with Crippen LogP contribution in [0, 0.1) is 6.92 Å². The van der Waals surface area contributed by atoms with Gasteiger partial charge in [-0.25, -0.2) is 4.79 Å². The number of thiophene rings is 1. The number of nitrogens with zero attached hydrogens (tertiary/aromatic N) is 1. The van der Waals surface area contributed by atoms with Gasteiger partial charge in [-0.1, -0.05) is 0 Å². The van der Waals surface area contributed by atoms with E-state index in [1.165, 1.54) is 11.3 Å². The Kier molecular flexibility index (Phi) is 4.01. The molecule has 0 aromatic carbocycles. The third kappa shape index (κ3) is 2.69. The maximum absolute atomic E-state index is 11.8. The monoisotopic (exact) mass is 294 g/mol. The number of carbonyl (C=O) groups is 1. The van der Waals surface area contributed by atoms with Crippen molar-refractivity contribution in [2.75, 3.05) is 12.3 Å². The van der Waals surface area contributed by atoms with Crippen molar-refractivity contribution < 1.29 is 14.1 Å². The molecular formula is C13H14N2O2S2. The first kappa shape index (κ1) is 13.8. The fraction of sp³-hybridized carbons (Fsp3) is 0.231. The summed E-state index contributed by atoms with van der Waals surface area (Å²) >= 11 is 6.48.